The van der Waals surface area contributed by atoms with E-state index in [2.05, 4.69) is 0 Å². The van der Waals surface area contributed by atoms with Gasteiger partial charge < -0.3 is 9.84 Å². The lowest BCUT2D eigenvalue weighted by molar-refractivity contribution is 0.223. The number of halogens is 1. The Morgan fingerprint density at radius 3 is 2.80 bits per heavy atom. The number of ether oxygens (including phenoxy) is 1. The summed E-state index contributed by atoms with van der Waals surface area (Å²) >= 11 is 1.40. The van der Waals surface area contributed by atoms with E-state index in [-0.39, 0.29) is 5.82 Å². The zero-order chi connectivity index (χ0) is 14.1. The molecule has 3 aromatic rings. The Bertz CT molecular complexity index is 751. The number of fused-ring (bicyclic) bond motifs is 1. The van der Waals surface area contributed by atoms with Gasteiger partial charge in [0, 0.05) is 9.58 Å². The summed E-state index contributed by atoms with van der Waals surface area (Å²) in [5.74, 6) is 0.440. The van der Waals surface area contributed by atoms with Crippen LogP contribution in [0, 0.1) is 5.82 Å². The maximum atomic E-state index is 13.2. The normalized spacial score (nSPS) is 12.6. The van der Waals surface area contributed by atoms with Crippen molar-refractivity contribution in [3.63, 3.8) is 0 Å². The van der Waals surface area contributed by atoms with Crippen molar-refractivity contribution in [1.29, 1.82) is 0 Å². The van der Waals surface area contributed by atoms with E-state index in [0.717, 1.165) is 20.5 Å². The summed E-state index contributed by atoms with van der Waals surface area (Å²) < 4.78 is 19.2. The van der Waals surface area contributed by atoms with Crippen molar-refractivity contribution in [3.05, 3.63) is 64.8 Å². The Labute approximate surface area is 120 Å². The Balaban J connectivity index is 2.00. The van der Waals surface area contributed by atoms with Gasteiger partial charge in [-0.15, -0.1) is 11.3 Å². The molecule has 0 saturated carbocycles. The number of hydrogen-bond acceptors (Lipinski definition) is 3. The molecule has 0 saturated heterocycles. The molecular weight excluding hydrogens is 275 g/mol. The zero-order valence-electron chi connectivity index (χ0n) is 10.8. The fourth-order valence-electron chi connectivity index (χ4n) is 2.14. The second-order valence-electron chi connectivity index (χ2n) is 4.51. The van der Waals surface area contributed by atoms with E-state index in [1.165, 1.54) is 23.5 Å². The van der Waals surface area contributed by atoms with Gasteiger partial charge in [-0.25, -0.2) is 4.39 Å². The maximum Gasteiger partial charge on any atom is 0.124 e. The number of rotatable bonds is 3. The van der Waals surface area contributed by atoms with Crippen molar-refractivity contribution < 1.29 is 14.2 Å². The highest BCUT2D eigenvalue weighted by molar-refractivity contribution is 7.19. The minimum absolute atomic E-state index is 0.262. The first-order valence-corrected chi connectivity index (χ1v) is 7.00. The number of benzene rings is 2. The second kappa shape index (κ2) is 5.23. The molecule has 1 unspecified atom stereocenters. The van der Waals surface area contributed by atoms with Gasteiger partial charge in [-0.1, -0.05) is 18.2 Å². The molecule has 0 aliphatic rings. The van der Waals surface area contributed by atoms with Crippen LogP contribution in [-0.2, 0) is 0 Å². The Kier molecular flexibility index (Phi) is 3.42. The predicted octanol–water partition coefficient (Wildman–Crippen LogP) is 4.13. The molecule has 3 rings (SSSR count). The number of aliphatic hydroxyl groups is 1. The quantitative estimate of drug-likeness (QED) is 0.785. The van der Waals surface area contributed by atoms with Gasteiger partial charge in [-0.2, -0.15) is 0 Å². The van der Waals surface area contributed by atoms with E-state index in [1.54, 1.807) is 19.2 Å². The third-order valence-electron chi connectivity index (χ3n) is 3.18. The number of aliphatic hydroxyl groups excluding tert-OH is 1. The minimum atomic E-state index is -0.731. The van der Waals surface area contributed by atoms with Gasteiger partial charge in [-0.05, 0) is 41.3 Å². The zero-order valence-corrected chi connectivity index (χ0v) is 11.7. The van der Waals surface area contributed by atoms with Gasteiger partial charge in [0.25, 0.3) is 0 Å². The van der Waals surface area contributed by atoms with Crippen molar-refractivity contribution in [2.24, 2.45) is 0 Å². The van der Waals surface area contributed by atoms with Crippen LogP contribution in [0.4, 0.5) is 4.39 Å². The molecule has 1 N–H and O–H groups in total. The molecule has 1 aromatic heterocycles. The van der Waals surface area contributed by atoms with Crippen molar-refractivity contribution in [2.45, 2.75) is 6.10 Å². The molecular formula is C16H13FO2S. The second-order valence-corrected chi connectivity index (χ2v) is 5.63. The van der Waals surface area contributed by atoms with Crippen LogP contribution in [0.25, 0.3) is 10.1 Å². The van der Waals surface area contributed by atoms with E-state index < -0.39 is 6.10 Å². The molecule has 102 valence electrons. The van der Waals surface area contributed by atoms with Gasteiger partial charge >= 0.3 is 0 Å². The minimum Gasteiger partial charge on any atom is -0.497 e. The van der Waals surface area contributed by atoms with E-state index in [4.69, 9.17) is 4.74 Å². The fourth-order valence-corrected chi connectivity index (χ4v) is 3.24. The lowest BCUT2D eigenvalue weighted by atomic mass is 10.1. The van der Waals surface area contributed by atoms with Crippen LogP contribution < -0.4 is 4.74 Å². The topological polar surface area (TPSA) is 29.5 Å². The molecule has 0 fully saturated rings. The summed E-state index contributed by atoms with van der Waals surface area (Å²) in [5, 5.41) is 11.4. The van der Waals surface area contributed by atoms with Crippen LogP contribution in [0.1, 0.15) is 16.5 Å². The van der Waals surface area contributed by atoms with E-state index in [9.17, 15) is 9.50 Å². The van der Waals surface area contributed by atoms with Crippen molar-refractivity contribution in [3.8, 4) is 5.75 Å². The van der Waals surface area contributed by atoms with Crippen LogP contribution >= 0.6 is 11.3 Å². The average Bonchev–Trinajstić information content (AvgIpc) is 2.89. The number of thiophene rings is 1. The Morgan fingerprint density at radius 1 is 1.15 bits per heavy atom. The van der Waals surface area contributed by atoms with Crippen LogP contribution in [0.15, 0.2) is 48.5 Å². The van der Waals surface area contributed by atoms with Crippen molar-refractivity contribution in [1.82, 2.24) is 0 Å². The summed E-state index contributed by atoms with van der Waals surface area (Å²) in [6.45, 7) is 0. The van der Waals surface area contributed by atoms with E-state index in [1.807, 2.05) is 24.3 Å². The summed E-state index contributed by atoms with van der Waals surface area (Å²) in [7, 11) is 1.59. The molecule has 0 spiro atoms. The summed E-state index contributed by atoms with van der Waals surface area (Å²) in [6, 6.07) is 13.8. The Morgan fingerprint density at radius 2 is 2.00 bits per heavy atom. The lowest BCUT2D eigenvalue weighted by Crippen LogP contribution is -1.97. The van der Waals surface area contributed by atoms with Crippen LogP contribution in [0.2, 0.25) is 0 Å². The maximum absolute atomic E-state index is 13.2. The van der Waals surface area contributed by atoms with Crippen LogP contribution in [0.3, 0.4) is 0 Å². The van der Waals surface area contributed by atoms with E-state index in [0.29, 0.717) is 5.75 Å². The number of hydrogen-bond donors (Lipinski definition) is 1. The molecule has 0 aliphatic carbocycles. The molecule has 0 bridgehead atoms. The Hall–Kier alpha value is -1.91. The molecule has 1 heterocycles. The molecule has 1 atom stereocenters. The van der Waals surface area contributed by atoms with Crippen LogP contribution in [-0.4, -0.2) is 12.2 Å². The fraction of sp³-hybridized carbons (Fsp3) is 0.125. The summed E-state index contributed by atoms with van der Waals surface area (Å²) in [4.78, 5) is 0.791. The highest BCUT2D eigenvalue weighted by atomic mass is 32.1. The SMILES string of the molecule is COc1cccc(C(O)c2cc3ccc(F)cc3s2)c1. The summed E-state index contributed by atoms with van der Waals surface area (Å²) in [6.07, 6.45) is -0.731. The van der Waals surface area contributed by atoms with Crippen molar-refractivity contribution >= 4 is 21.4 Å². The van der Waals surface area contributed by atoms with Crippen molar-refractivity contribution in [2.75, 3.05) is 7.11 Å². The monoisotopic (exact) mass is 288 g/mol. The first-order chi connectivity index (χ1) is 9.67. The highest BCUT2D eigenvalue weighted by Gasteiger charge is 2.14. The molecule has 0 radical (unpaired) electrons. The molecule has 20 heavy (non-hydrogen) atoms. The van der Waals surface area contributed by atoms with Gasteiger partial charge in [0.2, 0.25) is 0 Å². The highest BCUT2D eigenvalue weighted by Crippen LogP contribution is 2.34. The van der Waals surface area contributed by atoms with Gasteiger partial charge in [-0.3, -0.25) is 0 Å². The molecule has 0 amide bonds. The molecule has 2 aromatic carbocycles. The first-order valence-electron chi connectivity index (χ1n) is 6.18. The average molecular weight is 288 g/mol. The van der Waals surface area contributed by atoms with Crippen LogP contribution in [0.5, 0.6) is 5.75 Å². The smallest absolute Gasteiger partial charge is 0.124 e. The largest absolute Gasteiger partial charge is 0.497 e. The third-order valence-corrected chi connectivity index (χ3v) is 4.33. The van der Waals surface area contributed by atoms with Gasteiger partial charge in [0.05, 0.1) is 7.11 Å². The standard InChI is InChI=1S/C16H13FO2S/c1-19-13-4-2-3-11(7-13)16(18)15-8-10-5-6-12(17)9-14(10)20-15/h2-9,16,18H,1H3. The van der Waals surface area contributed by atoms with Gasteiger partial charge in [0.1, 0.15) is 17.7 Å². The van der Waals surface area contributed by atoms with Gasteiger partial charge in [0.15, 0.2) is 0 Å². The summed E-state index contributed by atoms with van der Waals surface area (Å²) in [5.41, 5.74) is 0.761. The number of methoxy groups -OCH3 is 1. The lowest BCUT2D eigenvalue weighted by Gasteiger charge is -2.10. The third kappa shape index (κ3) is 2.40. The first kappa shape index (κ1) is 13.1. The molecule has 0 aliphatic heterocycles. The predicted molar refractivity (Wildman–Crippen MR) is 78.8 cm³/mol. The molecule has 2 nitrogen and oxygen atoms in total. The molecule has 4 heteroatoms. The van der Waals surface area contributed by atoms with E-state index >= 15 is 0 Å².